The van der Waals surface area contributed by atoms with E-state index in [4.69, 9.17) is 10.9 Å². The molecule has 17 heavy (non-hydrogen) atoms. The standard InChI is InChI=1S/C12H26N4O/c1-3-10(8-12(13)15-17)14-9-11-6-5-7-16(11)4-2/h10-11,14,17H,3-9H2,1-2H3,(H2,13,15). The highest BCUT2D eigenvalue weighted by molar-refractivity contribution is 5.80. The molecule has 1 saturated heterocycles. The van der Waals surface area contributed by atoms with Crippen molar-refractivity contribution in [2.24, 2.45) is 10.9 Å². The zero-order valence-corrected chi connectivity index (χ0v) is 11.0. The van der Waals surface area contributed by atoms with E-state index < -0.39 is 0 Å². The van der Waals surface area contributed by atoms with Crippen LogP contribution in [0.4, 0.5) is 0 Å². The van der Waals surface area contributed by atoms with E-state index in [9.17, 15) is 0 Å². The average Bonchev–Trinajstić information content (AvgIpc) is 2.81. The minimum Gasteiger partial charge on any atom is -0.409 e. The lowest BCUT2D eigenvalue weighted by Gasteiger charge is -2.25. The van der Waals surface area contributed by atoms with Crippen LogP contribution in [0.1, 0.15) is 39.5 Å². The van der Waals surface area contributed by atoms with Crippen molar-refractivity contribution in [3.05, 3.63) is 0 Å². The lowest BCUT2D eigenvalue weighted by molar-refractivity contribution is 0.253. The van der Waals surface area contributed by atoms with Crippen LogP contribution < -0.4 is 11.1 Å². The van der Waals surface area contributed by atoms with Gasteiger partial charge in [0.25, 0.3) is 0 Å². The molecule has 2 atom stereocenters. The molecule has 5 heteroatoms. The minimum absolute atomic E-state index is 0.308. The first-order valence-electron chi connectivity index (χ1n) is 6.65. The van der Waals surface area contributed by atoms with Gasteiger partial charge in [0.1, 0.15) is 5.84 Å². The monoisotopic (exact) mass is 242 g/mol. The van der Waals surface area contributed by atoms with Gasteiger partial charge in [-0.2, -0.15) is 0 Å². The van der Waals surface area contributed by atoms with E-state index in [-0.39, 0.29) is 0 Å². The Morgan fingerprint density at radius 3 is 2.94 bits per heavy atom. The topological polar surface area (TPSA) is 73.9 Å². The predicted molar refractivity (Wildman–Crippen MR) is 70.4 cm³/mol. The zero-order valence-electron chi connectivity index (χ0n) is 11.0. The molecule has 0 aromatic carbocycles. The number of hydrogen-bond donors (Lipinski definition) is 3. The van der Waals surface area contributed by atoms with Crippen LogP contribution in [-0.4, -0.2) is 47.7 Å². The summed E-state index contributed by atoms with van der Waals surface area (Å²) in [5, 5.41) is 15.1. The van der Waals surface area contributed by atoms with Gasteiger partial charge in [-0.05, 0) is 32.4 Å². The zero-order chi connectivity index (χ0) is 12.7. The molecule has 0 saturated carbocycles. The van der Waals surface area contributed by atoms with Crippen molar-refractivity contribution in [3.63, 3.8) is 0 Å². The summed E-state index contributed by atoms with van der Waals surface area (Å²) in [7, 11) is 0. The Kier molecular flexibility index (Phi) is 6.29. The Morgan fingerprint density at radius 1 is 1.59 bits per heavy atom. The molecule has 5 nitrogen and oxygen atoms in total. The molecule has 1 fully saturated rings. The molecule has 2 unspecified atom stereocenters. The molecule has 0 amide bonds. The summed E-state index contributed by atoms with van der Waals surface area (Å²) < 4.78 is 0. The molecule has 1 rings (SSSR count). The molecule has 0 aromatic heterocycles. The van der Waals surface area contributed by atoms with Gasteiger partial charge in [0.15, 0.2) is 0 Å². The second-order valence-corrected chi connectivity index (χ2v) is 4.73. The number of rotatable bonds is 7. The normalized spacial score (nSPS) is 24.1. The molecule has 1 aliphatic heterocycles. The molecule has 0 spiro atoms. The first-order valence-corrected chi connectivity index (χ1v) is 6.65. The Labute approximate surface area is 104 Å². The van der Waals surface area contributed by atoms with Crippen LogP contribution in [0.5, 0.6) is 0 Å². The fourth-order valence-corrected chi connectivity index (χ4v) is 2.50. The molecule has 0 aliphatic carbocycles. The maximum Gasteiger partial charge on any atom is 0.140 e. The molecule has 1 heterocycles. The van der Waals surface area contributed by atoms with E-state index in [0.29, 0.717) is 24.3 Å². The molecule has 100 valence electrons. The van der Waals surface area contributed by atoms with Crippen molar-refractivity contribution in [1.29, 1.82) is 0 Å². The first-order chi connectivity index (χ1) is 8.21. The van der Waals surface area contributed by atoms with Crippen LogP contribution in [0, 0.1) is 0 Å². The Bertz CT molecular complexity index is 245. The molecular weight excluding hydrogens is 216 g/mol. The van der Waals surface area contributed by atoms with E-state index in [1.54, 1.807) is 0 Å². The fourth-order valence-electron chi connectivity index (χ4n) is 2.50. The number of hydrogen-bond acceptors (Lipinski definition) is 4. The highest BCUT2D eigenvalue weighted by Gasteiger charge is 2.23. The molecule has 0 aromatic rings. The third-order valence-corrected chi connectivity index (χ3v) is 3.62. The summed E-state index contributed by atoms with van der Waals surface area (Å²) in [5.74, 6) is 0.308. The van der Waals surface area contributed by atoms with Gasteiger partial charge in [0.2, 0.25) is 0 Å². The van der Waals surface area contributed by atoms with Crippen LogP contribution in [0.2, 0.25) is 0 Å². The van der Waals surface area contributed by atoms with Crippen LogP contribution >= 0.6 is 0 Å². The molecular formula is C12H26N4O. The molecule has 1 aliphatic rings. The number of likely N-dealkylation sites (tertiary alicyclic amines) is 1. The molecule has 4 N–H and O–H groups in total. The van der Waals surface area contributed by atoms with Crippen molar-refractivity contribution in [1.82, 2.24) is 10.2 Å². The van der Waals surface area contributed by atoms with Crippen LogP contribution in [0.15, 0.2) is 5.16 Å². The third kappa shape index (κ3) is 4.52. The molecule has 0 bridgehead atoms. The number of amidine groups is 1. The average molecular weight is 242 g/mol. The number of nitrogens with zero attached hydrogens (tertiary/aromatic N) is 2. The summed E-state index contributed by atoms with van der Waals surface area (Å²) >= 11 is 0. The lowest BCUT2D eigenvalue weighted by Crippen LogP contribution is -2.42. The summed E-state index contributed by atoms with van der Waals surface area (Å²) in [5.41, 5.74) is 5.54. The number of nitrogens with one attached hydrogen (secondary N) is 1. The predicted octanol–water partition coefficient (Wildman–Crippen LogP) is 0.975. The Morgan fingerprint density at radius 2 is 2.35 bits per heavy atom. The van der Waals surface area contributed by atoms with Gasteiger partial charge in [-0.3, -0.25) is 4.90 Å². The van der Waals surface area contributed by atoms with E-state index in [0.717, 1.165) is 19.5 Å². The first kappa shape index (κ1) is 14.3. The number of likely N-dealkylation sites (N-methyl/N-ethyl adjacent to an activating group) is 1. The van der Waals surface area contributed by atoms with Gasteiger partial charge in [-0.15, -0.1) is 0 Å². The Hall–Kier alpha value is -0.810. The highest BCUT2D eigenvalue weighted by Crippen LogP contribution is 2.16. The quantitative estimate of drug-likeness (QED) is 0.269. The van der Waals surface area contributed by atoms with E-state index in [1.165, 1.54) is 19.4 Å². The van der Waals surface area contributed by atoms with E-state index >= 15 is 0 Å². The van der Waals surface area contributed by atoms with Crippen LogP contribution in [0.25, 0.3) is 0 Å². The third-order valence-electron chi connectivity index (χ3n) is 3.62. The number of nitrogens with two attached hydrogens (primary N) is 1. The van der Waals surface area contributed by atoms with Crippen molar-refractivity contribution in [2.45, 2.75) is 51.6 Å². The maximum atomic E-state index is 8.57. The Balaban J connectivity index is 2.31. The van der Waals surface area contributed by atoms with Crippen molar-refractivity contribution in [2.75, 3.05) is 19.6 Å². The summed E-state index contributed by atoms with van der Waals surface area (Å²) in [6.45, 7) is 7.69. The number of oxime groups is 1. The largest absolute Gasteiger partial charge is 0.409 e. The van der Waals surface area contributed by atoms with Crippen LogP contribution in [-0.2, 0) is 0 Å². The van der Waals surface area contributed by atoms with Gasteiger partial charge in [0, 0.05) is 25.0 Å². The van der Waals surface area contributed by atoms with Gasteiger partial charge in [-0.25, -0.2) is 0 Å². The maximum absolute atomic E-state index is 8.57. The van der Waals surface area contributed by atoms with Crippen molar-refractivity contribution >= 4 is 5.84 Å². The second kappa shape index (κ2) is 7.50. The highest BCUT2D eigenvalue weighted by atomic mass is 16.4. The second-order valence-electron chi connectivity index (χ2n) is 4.73. The minimum atomic E-state index is 0.308. The van der Waals surface area contributed by atoms with Crippen LogP contribution in [0.3, 0.4) is 0 Å². The van der Waals surface area contributed by atoms with Gasteiger partial charge >= 0.3 is 0 Å². The van der Waals surface area contributed by atoms with Gasteiger partial charge in [0.05, 0.1) is 0 Å². The van der Waals surface area contributed by atoms with Gasteiger partial charge in [-0.1, -0.05) is 19.0 Å². The van der Waals surface area contributed by atoms with E-state index in [1.807, 2.05) is 0 Å². The van der Waals surface area contributed by atoms with Crippen molar-refractivity contribution in [3.8, 4) is 0 Å². The summed E-state index contributed by atoms with van der Waals surface area (Å²) in [4.78, 5) is 2.52. The van der Waals surface area contributed by atoms with E-state index in [2.05, 4.69) is 29.2 Å². The summed E-state index contributed by atoms with van der Waals surface area (Å²) in [6, 6.07) is 0.964. The van der Waals surface area contributed by atoms with Gasteiger partial charge < -0.3 is 16.3 Å². The van der Waals surface area contributed by atoms with Crippen molar-refractivity contribution < 1.29 is 5.21 Å². The fraction of sp³-hybridized carbons (Fsp3) is 0.917. The summed E-state index contributed by atoms with van der Waals surface area (Å²) in [6.07, 6.45) is 4.19. The lowest BCUT2D eigenvalue weighted by atomic mass is 10.1. The molecule has 0 radical (unpaired) electrons. The SMILES string of the molecule is CCC(CC(N)=NO)NCC1CCCN1CC. The smallest absolute Gasteiger partial charge is 0.140 e.